The highest BCUT2D eigenvalue weighted by Crippen LogP contribution is 2.04. The van der Waals surface area contributed by atoms with Gasteiger partial charge in [0.15, 0.2) is 0 Å². The van der Waals surface area contributed by atoms with Gasteiger partial charge < -0.3 is 15.7 Å². The van der Waals surface area contributed by atoms with Crippen molar-refractivity contribution in [3.05, 3.63) is 0 Å². The first-order valence-corrected chi connectivity index (χ1v) is 5.59. The molecular formula is C10H19N3O3. The van der Waals surface area contributed by atoms with Gasteiger partial charge in [-0.25, -0.2) is 0 Å². The number of hydrogen-bond acceptors (Lipinski definition) is 4. The van der Waals surface area contributed by atoms with Crippen molar-refractivity contribution in [1.29, 1.82) is 0 Å². The van der Waals surface area contributed by atoms with Crippen molar-refractivity contribution in [3.8, 4) is 0 Å². The molecule has 16 heavy (non-hydrogen) atoms. The molecule has 1 saturated heterocycles. The third kappa shape index (κ3) is 3.79. The molecule has 92 valence electrons. The van der Waals surface area contributed by atoms with Gasteiger partial charge in [0, 0.05) is 39.1 Å². The molecule has 1 heterocycles. The molecular weight excluding hydrogens is 210 g/mol. The topological polar surface area (TPSA) is 81.7 Å². The summed E-state index contributed by atoms with van der Waals surface area (Å²) >= 11 is 0. The zero-order valence-electron chi connectivity index (χ0n) is 9.53. The molecule has 1 atom stereocenters. The highest BCUT2D eigenvalue weighted by Gasteiger charge is 2.28. The van der Waals surface area contributed by atoms with Crippen LogP contribution in [-0.4, -0.2) is 60.6 Å². The van der Waals surface area contributed by atoms with E-state index in [9.17, 15) is 9.59 Å². The fourth-order valence-electron chi connectivity index (χ4n) is 1.79. The molecule has 1 rings (SSSR count). The minimum atomic E-state index is -0.830. The minimum absolute atomic E-state index is 0.0230. The van der Waals surface area contributed by atoms with Crippen LogP contribution in [0.2, 0.25) is 0 Å². The van der Waals surface area contributed by atoms with Gasteiger partial charge >= 0.3 is 5.97 Å². The molecule has 1 unspecified atom stereocenters. The van der Waals surface area contributed by atoms with E-state index in [2.05, 4.69) is 10.6 Å². The largest absolute Gasteiger partial charge is 0.480 e. The molecule has 1 aliphatic heterocycles. The molecule has 0 aliphatic carbocycles. The zero-order valence-corrected chi connectivity index (χ0v) is 9.53. The summed E-state index contributed by atoms with van der Waals surface area (Å²) in [6, 6.07) is -0.511. The maximum Gasteiger partial charge on any atom is 0.322 e. The van der Waals surface area contributed by atoms with Crippen LogP contribution in [0, 0.1) is 0 Å². The number of carbonyl (C=O) groups is 2. The van der Waals surface area contributed by atoms with Crippen molar-refractivity contribution in [1.82, 2.24) is 15.5 Å². The number of aliphatic carboxylic acids is 1. The van der Waals surface area contributed by atoms with Crippen LogP contribution < -0.4 is 10.6 Å². The Kier molecular flexibility index (Phi) is 5.21. The van der Waals surface area contributed by atoms with Crippen molar-refractivity contribution >= 4 is 11.9 Å². The summed E-state index contributed by atoms with van der Waals surface area (Å²) < 4.78 is 0. The Morgan fingerprint density at radius 3 is 2.94 bits per heavy atom. The van der Waals surface area contributed by atoms with Crippen molar-refractivity contribution in [2.75, 3.05) is 32.7 Å². The molecule has 1 amide bonds. The lowest BCUT2D eigenvalue weighted by Gasteiger charge is -2.33. The number of nitrogens with zero attached hydrogens (tertiary/aromatic N) is 1. The zero-order chi connectivity index (χ0) is 12.0. The van der Waals surface area contributed by atoms with Crippen molar-refractivity contribution < 1.29 is 14.7 Å². The van der Waals surface area contributed by atoms with Crippen LogP contribution in [0.1, 0.15) is 13.3 Å². The third-order valence-electron chi connectivity index (χ3n) is 2.64. The summed E-state index contributed by atoms with van der Waals surface area (Å²) in [7, 11) is 0. The predicted octanol–water partition coefficient (Wildman–Crippen LogP) is -1.13. The van der Waals surface area contributed by atoms with Crippen molar-refractivity contribution in [2.45, 2.75) is 19.4 Å². The average molecular weight is 229 g/mol. The molecule has 3 N–H and O–H groups in total. The number of carboxylic acids is 1. The van der Waals surface area contributed by atoms with E-state index in [0.29, 0.717) is 32.6 Å². The molecule has 0 saturated carbocycles. The van der Waals surface area contributed by atoms with Gasteiger partial charge in [-0.15, -0.1) is 0 Å². The molecule has 1 aliphatic rings. The Labute approximate surface area is 95.0 Å². The highest BCUT2D eigenvalue weighted by atomic mass is 16.4. The Bertz CT molecular complexity index is 258. The predicted molar refractivity (Wildman–Crippen MR) is 59.2 cm³/mol. The number of piperazine rings is 1. The maximum atomic E-state index is 11.3. The van der Waals surface area contributed by atoms with Gasteiger partial charge in [-0.1, -0.05) is 0 Å². The lowest BCUT2D eigenvalue weighted by atomic mass is 10.2. The van der Waals surface area contributed by atoms with Crippen LogP contribution >= 0.6 is 0 Å². The summed E-state index contributed by atoms with van der Waals surface area (Å²) in [5.41, 5.74) is 0. The Balaban J connectivity index is 2.38. The van der Waals surface area contributed by atoms with Crippen LogP contribution in [0.3, 0.4) is 0 Å². The van der Waals surface area contributed by atoms with E-state index in [1.54, 1.807) is 0 Å². The van der Waals surface area contributed by atoms with Crippen LogP contribution in [0.15, 0.2) is 0 Å². The van der Waals surface area contributed by atoms with Crippen molar-refractivity contribution in [3.63, 3.8) is 0 Å². The SMILES string of the molecule is CCNC(=O)CCN1CCNCC1C(=O)O. The smallest absolute Gasteiger partial charge is 0.322 e. The Hall–Kier alpha value is -1.14. The van der Waals surface area contributed by atoms with Gasteiger partial charge in [0.1, 0.15) is 6.04 Å². The second-order valence-corrected chi connectivity index (χ2v) is 3.80. The van der Waals surface area contributed by atoms with E-state index in [1.165, 1.54) is 0 Å². The van der Waals surface area contributed by atoms with Crippen molar-refractivity contribution in [2.24, 2.45) is 0 Å². The number of carbonyl (C=O) groups excluding carboxylic acids is 1. The molecule has 0 aromatic rings. The normalized spacial score (nSPS) is 21.7. The summed E-state index contributed by atoms with van der Waals surface area (Å²) in [6.07, 6.45) is 0.359. The average Bonchev–Trinajstić information content (AvgIpc) is 2.27. The number of amides is 1. The molecule has 0 aromatic heterocycles. The number of rotatable bonds is 5. The summed E-state index contributed by atoms with van der Waals surface area (Å²) in [5.74, 6) is -0.853. The second kappa shape index (κ2) is 6.44. The lowest BCUT2D eigenvalue weighted by molar-refractivity contribution is -0.144. The summed E-state index contributed by atoms with van der Waals surface area (Å²) in [5, 5.41) is 14.7. The summed E-state index contributed by atoms with van der Waals surface area (Å²) in [6.45, 7) is 4.89. The second-order valence-electron chi connectivity index (χ2n) is 3.80. The Morgan fingerprint density at radius 2 is 2.31 bits per heavy atom. The van der Waals surface area contributed by atoms with Gasteiger partial charge in [-0.3, -0.25) is 14.5 Å². The fraction of sp³-hybridized carbons (Fsp3) is 0.800. The minimum Gasteiger partial charge on any atom is -0.480 e. The quantitative estimate of drug-likeness (QED) is 0.556. The van der Waals surface area contributed by atoms with Gasteiger partial charge in [0.2, 0.25) is 5.91 Å². The summed E-state index contributed by atoms with van der Waals surface area (Å²) in [4.78, 5) is 24.1. The molecule has 0 spiro atoms. The van der Waals surface area contributed by atoms with E-state index >= 15 is 0 Å². The van der Waals surface area contributed by atoms with Gasteiger partial charge in [-0.05, 0) is 6.92 Å². The maximum absolute atomic E-state index is 11.3. The monoisotopic (exact) mass is 229 g/mol. The van der Waals surface area contributed by atoms with Gasteiger partial charge in [0.25, 0.3) is 0 Å². The molecule has 0 aromatic carbocycles. The van der Waals surface area contributed by atoms with E-state index < -0.39 is 12.0 Å². The molecule has 0 radical (unpaired) electrons. The van der Waals surface area contributed by atoms with E-state index in [-0.39, 0.29) is 5.91 Å². The Morgan fingerprint density at radius 1 is 1.56 bits per heavy atom. The lowest BCUT2D eigenvalue weighted by Crippen LogP contribution is -2.55. The number of carboxylic acid groups (broad SMARTS) is 1. The first kappa shape index (κ1) is 12.9. The third-order valence-corrected chi connectivity index (χ3v) is 2.64. The van der Waals surface area contributed by atoms with Crippen LogP contribution in [0.25, 0.3) is 0 Å². The molecule has 6 heteroatoms. The first-order valence-electron chi connectivity index (χ1n) is 5.59. The van der Waals surface area contributed by atoms with Crippen LogP contribution in [0.4, 0.5) is 0 Å². The standard InChI is InChI=1S/C10H19N3O3/c1-2-12-9(14)3-5-13-6-4-11-7-8(13)10(15)16/h8,11H,2-7H2,1H3,(H,12,14)(H,15,16). The van der Waals surface area contributed by atoms with Crippen LogP contribution in [0.5, 0.6) is 0 Å². The van der Waals surface area contributed by atoms with Crippen LogP contribution in [-0.2, 0) is 9.59 Å². The molecule has 6 nitrogen and oxygen atoms in total. The van der Waals surface area contributed by atoms with E-state index in [1.807, 2.05) is 11.8 Å². The van der Waals surface area contributed by atoms with Gasteiger partial charge in [-0.2, -0.15) is 0 Å². The molecule has 0 bridgehead atoms. The van der Waals surface area contributed by atoms with E-state index in [0.717, 1.165) is 6.54 Å². The molecule has 1 fully saturated rings. The number of nitrogens with one attached hydrogen (secondary N) is 2. The number of hydrogen-bond donors (Lipinski definition) is 3. The first-order chi connectivity index (χ1) is 7.65. The van der Waals surface area contributed by atoms with E-state index in [4.69, 9.17) is 5.11 Å². The van der Waals surface area contributed by atoms with Gasteiger partial charge in [0.05, 0.1) is 0 Å². The highest BCUT2D eigenvalue weighted by molar-refractivity contribution is 5.76. The fourth-order valence-corrected chi connectivity index (χ4v) is 1.79.